The molecule has 0 bridgehead atoms. The lowest BCUT2D eigenvalue weighted by molar-refractivity contribution is -0.129. The summed E-state index contributed by atoms with van der Waals surface area (Å²) in [6.45, 7) is 5.01. The monoisotopic (exact) mass is 357 g/mol. The standard InChI is InChI=1S/C19H27N5O2/c1-15(25)23-9-11-24(12-10-23)18-13-17(21-14-22-18)19(26)20-8-7-16-5-3-2-4-6-16/h5,13-14H,2-4,6-12H2,1H3,(H,20,26). The molecule has 1 aliphatic carbocycles. The third-order valence-corrected chi connectivity index (χ3v) is 5.05. The van der Waals surface area contributed by atoms with Crippen molar-refractivity contribution in [2.75, 3.05) is 37.6 Å². The molecule has 2 heterocycles. The van der Waals surface area contributed by atoms with Gasteiger partial charge in [0.05, 0.1) is 0 Å². The van der Waals surface area contributed by atoms with Crippen molar-refractivity contribution in [2.45, 2.75) is 39.0 Å². The predicted octanol–water partition coefficient (Wildman–Crippen LogP) is 1.77. The molecule has 1 saturated heterocycles. The second kappa shape index (κ2) is 8.78. The summed E-state index contributed by atoms with van der Waals surface area (Å²) in [4.78, 5) is 36.1. The van der Waals surface area contributed by atoms with E-state index in [0.717, 1.165) is 25.1 Å². The maximum absolute atomic E-state index is 12.4. The highest BCUT2D eigenvalue weighted by Gasteiger charge is 2.20. The summed E-state index contributed by atoms with van der Waals surface area (Å²) in [7, 11) is 0. The number of rotatable bonds is 5. The van der Waals surface area contributed by atoms with E-state index in [-0.39, 0.29) is 11.8 Å². The number of piperazine rings is 1. The van der Waals surface area contributed by atoms with E-state index < -0.39 is 0 Å². The number of anilines is 1. The highest BCUT2D eigenvalue weighted by molar-refractivity contribution is 5.92. The third-order valence-electron chi connectivity index (χ3n) is 5.05. The van der Waals surface area contributed by atoms with Gasteiger partial charge in [-0.25, -0.2) is 9.97 Å². The lowest BCUT2D eigenvalue weighted by Gasteiger charge is -2.34. The molecule has 1 N–H and O–H groups in total. The van der Waals surface area contributed by atoms with Crippen molar-refractivity contribution >= 4 is 17.6 Å². The van der Waals surface area contributed by atoms with Crippen LogP contribution in [0.3, 0.4) is 0 Å². The van der Waals surface area contributed by atoms with E-state index in [1.54, 1.807) is 13.0 Å². The van der Waals surface area contributed by atoms with Gasteiger partial charge < -0.3 is 15.1 Å². The average molecular weight is 357 g/mol. The molecule has 1 aromatic heterocycles. The molecule has 0 aromatic carbocycles. The summed E-state index contributed by atoms with van der Waals surface area (Å²) >= 11 is 0. The van der Waals surface area contributed by atoms with Crippen molar-refractivity contribution < 1.29 is 9.59 Å². The van der Waals surface area contributed by atoms with Crippen LogP contribution in [0.2, 0.25) is 0 Å². The minimum Gasteiger partial charge on any atom is -0.353 e. The van der Waals surface area contributed by atoms with Crippen molar-refractivity contribution in [1.29, 1.82) is 0 Å². The Morgan fingerprint density at radius 3 is 2.65 bits per heavy atom. The zero-order valence-electron chi connectivity index (χ0n) is 15.4. The topological polar surface area (TPSA) is 78.4 Å². The largest absolute Gasteiger partial charge is 0.353 e. The van der Waals surface area contributed by atoms with Gasteiger partial charge in [0.2, 0.25) is 5.91 Å². The number of carbonyl (C=O) groups excluding carboxylic acids is 2. The average Bonchev–Trinajstić information content (AvgIpc) is 2.69. The molecule has 0 unspecified atom stereocenters. The Morgan fingerprint density at radius 1 is 1.15 bits per heavy atom. The molecule has 2 aliphatic rings. The van der Waals surface area contributed by atoms with E-state index in [1.165, 1.54) is 24.7 Å². The molecule has 3 rings (SSSR count). The summed E-state index contributed by atoms with van der Waals surface area (Å²) in [6.07, 6.45) is 9.50. The van der Waals surface area contributed by atoms with Gasteiger partial charge in [0.1, 0.15) is 17.8 Å². The molecule has 2 amide bonds. The molecule has 0 saturated carbocycles. The first-order valence-electron chi connectivity index (χ1n) is 9.42. The summed E-state index contributed by atoms with van der Waals surface area (Å²) in [5, 5.41) is 2.96. The van der Waals surface area contributed by atoms with E-state index in [1.807, 2.05) is 4.90 Å². The number of aromatic nitrogens is 2. The van der Waals surface area contributed by atoms with Crippen LogP contribution in [0.1, 0.15) is 49.5 Å². The van der Waals surface area contributed by atoms with Crippen LogP contribution in [0.4, 0.5) is 5.82 Å². The molecule has 0 spiro atoms. The van der Waals surface area contributed by atoms with E-state index in [0.29, 0.717) is 38.4 Å². The number of nitrogens with one attached hydrogen (secondary N) is 1. The number of carbonyl (C=O) groups is 2. The van der Waals surface area contributed by atoms with Gasteiger partial charge in [0, 0.05) is 45.7 Å². The third kappa shape index (κ3) is 4.80. The molecular formula is C19H27N5O2. The summed E-state index contributed by atoms with van der Waals surface area (Å²) < 4.78 is 0. The predicted molar refractivity (Wildman–Crippen MR) is 100 cm³/mol. The molecule has 1 aliphatic heterocycles. The van der Waals surface area contributed by atoms with Crippen molar-refractivity contribution in [3.63, 3.8) is 0 Å². The van der Waals surface area contributed by atoms with Gasteiger partial charge in [-0.15, -0.1) is 0 Å². The second-order valence-corrected chi connectivity index (χ2v) is 6.87. The lowest BCUT2D eigenvalue weighted by Crippen LogP contribution is -2.48. The first-order chi connectivity index (χ1) is 12.6. The molecular weight excluding hydrogens is 330 g/mol. The first-order valence-corrected chi connectivity index (χ1v) is 9.42. The maximum Gasteiger partial charge on any atom is 0.270 e. The normalized spacial score (nSPS) is 17.7. The molecule has 140 valence electrons. The van der Waals surface area contributed by atoms with E-state index in [9.17, 15) is 9.59 Å². The summed E-state index contributed by atoms with van der Waals surface area (Å²) in [5.41, 5.74) is 1.84. The minimum absolute atomic E-state index is 0.0977. The summed E-state index contributed by atoms with van der Waals surface area (Å²) in [6, 6.07) is 1.73. The van der Waals surface area contributed by atoms with Gasteiger partial charge >= 0.3 is 0 Å². The van der Waals surface area contributed by atoms with Crippen LogP contribution < -0.4 is 10.2 Å². The lowest BCUT2D eigenvalue weighted by atomic mass is 9.97. The number of amides is 2. The van der Waals surface area contributed by atoms with Gasteiger partial charge in [-0.2, -0.15) is 0 Å². The van der Waals surface area contributed by atoms with Gasteiger partial charge in [-0.1, -0.05) is 11.6 Å². The van der Waals surface area contributed by atoms with Crippen LogP contribution in [0.25, 0.3) is 0 Å². The molecule has 0 radical (unpaired) electrons. The van der Waals surface area contributed by atoms with E-state index >= 15 is 0 Å². The van der Waals surface area contributed by atoms with Gasteiger partial charge in [0.25, 0.3) is 5.91 Å². The molecule has 1 aromatic rings. The highest BCUT2D eigenvalue weighted by Crippen LogP contribution is 2.19. The van der Waals surface area contributed by atoms with Crippen molar-refractivity contribution in [1.82, 2.24) is 20.2 Å². The fourth-order valence-electron chi connectivity index (χ4n) is 3.45. The Kier molecular flexibility index (Phi) is 6.20. The molecule has 1 fully saturated rings. The van der Waals surface area contributed by atoms with Crippen molar-refractivity contribution in [3.05, 3.63) is 29.7 Å². The molecule has 7 heteroatoms. The number of hydrogen-bond donors (Lipinski definition) is 1. The van der Waals surface area contributed by atoms with E-state index in [4.69, 9.17) is 0 Å². The Hall–Kier alpha value is -2.44. The van der Waals surface area contributed by atoms with Crippen molar-refractivity contribution in [3.8, 4) is 0 Å². The SMILES string of the molecule is CC(=O)N1CCN(c2cc(C(=O)NCCC3=CCCCC3)ncn2)CC1. The fraction of sp³-hybridized carbons (Fsp3) is 0.579. The van der Waals surface area contributed by atoms with Gasteiger partial charge in [-0.05, 0) is 32.1 Å². The number of allylic oxidation sites excluding steroid dienone is 1. The second-order valence-electron chi connectivity index (χ2n) is 6.87. The fourth-order valence-corrected chi connectivity index (χ4v) is 3.45. The quantitative estimate of drug-likeness (QED) is 0.813. The van der Waals surface area contributed by atoms with Crippen LogP contribution in [0, 0.1) is 0 Å². The van der Waals surface area contributed by atoms with Crippen LogP contribution in [-0.2, 0) is 4.79 Å². The first kappa shape index (κ1) is 18.4. The van der Waals surface area contributed by atoms with Crippen LogP contribution in [0.5, 0.6) is 0 Å². The number of nitrogens with zero attached hydrogens (tertiary/aromatic N) is 4. The maximum atomic E-state index is 12.4. The zero-order chi connectivity index (χ0) is 18.4. The molecule has 0 atom stereocenters. The Morgan fingerprint density at radius 2 is 1.96 bits per heavy atom. The number of hydrogen-bond acceptors (Lipinski definition) is 5. The zero-order valence-corrected chi connectivity index (χ0v) is 15.4. The Bertz CT molecular complexity index is 680. The minimum atomic E-state index is -0.160. The highest BCUT2D eigenvalue weighted by atomic mass is 16.2. The Labute approximate surface area is 154 Å². The van der Waals surface area contributed by atoms with Gasteiger partial charge in [0.15, 0.2) is 0 Å². The van der Waals surface area contributed by atoms with Crippen molar-refractivity contribution in [2.24, 2.45) is 0 Å². The van der Waals surface area contributed by atoms with Crippen LogP contribution in [-0.4, -0.2) is 59.4 Å². The Balaban J connectivity index is 1.52. The molecule has 26 heavy (non-hydrogen) atoms. The smallest absolute Gasteiger partial charge is 0.270 e. The van der Waals surface area contributed by atoms with Crippen LogP contribution in [0.15, 0.2) is 24.0 Å². The van der Waals surface area contributed by atoms with Crippen LogP contribution >= 0.6 is 0 Å². The summed E-state index contributed by atoms with van der Waals surface area (Å²) in [5.74, 6) is 0.677. The van der Waals surface area contributed by atoms with E-state index in [2.05, 4.69) is 26.3 Å². The van der Waals surface area contributed by atoms with Gasteiger partial charge in [-0.3, -0.25) is 9.59 Å². The molecule has 7 nitrogen and oxygen atoms in total.